The molecule has 1 aromatic carbocycles. The van der Waals surface area contributed by atoms with Gasteiger partial charge in [0, 0.05) is 13.1 Å². The molecule has 1 rings (SSSR count). The fourth-order valence-electron chi connectivity index (χ4n) is 1.72. The molecule has 0 aromatic heterocycles. The average molecular weight is 250 g/mol. The first-order valence-corrected chi connectivity index (χ1v) is 6.30. The van der Waals surface area contributed by atoms with Gasteiger partial charge in [0.1, 0.15) is 5.75 Å². The first kappa shape index (κ1) is 14.5. The molecular weight excluding hydrogens is 228 g/mol. The molecule has 2 N–H and O–H groups in total. The van der Waals surface area contributed by atoms with E-state index >= 15 is 0 Å². The Labute approximate surface area is 109 Å². The molecule has 0 heterocycles. The Balaban J connectivity index is 2.63. The molecule has 2 unspecified atom stereocenters. The second-order valence-corrected chi connectivity index (χ2v) is 4.22. The van der Waals surface area contributed by atoms with Crippen LogP contribution in [0.1, 0.15) is 32.4 Å². The lowest BCUT2D eigenvalue weighted by Gasteiger charge is -2.15. The van der Waals surface area contributed by atoms with Crippen LogP contribution >= 0.6 is 0 Å². The van der Waals surface area contributed by atoms with Gasteiger partial charge in [-0.1, -0.05) is 19.1 Å². The molecular formula is C14H22N2O2. The van der Waals surface area contributed by atoms with Crippen molar-refractivity contribution in [2.45, 2.75) is 32.9 Å². The third kappa shape index (κ3) is 4.04. The molecule has 0 aliphatic rings. The normalized spacial score (nSPS) is 13.8. The standard InChI is InChI=1S/C14H22N2O2/c1-5-16-10(2)12-6-8-13(9-7-12)18-11(3)14(17)15-4/h6-11,16H,5H2,1-4H3,(H,15,17). The van der Waals surface area contributed by atoms with Crippen LogP contribution < -0.4 is 15.4 Å². The molecule has 0 bridgehead atoms. The fraction of sp³-hybridized carbons (Fsp3) is 0.500. The van der Waals surface area contributed by atoms with E-state index in [1.54, 1.807) is 14.0 Å². The molecule has 0 aliphatic heterocycles. The molecule has 0 aliphatic carbocycles. The van der Waals surface area contributed by atoms with Crippen LogP contribution in [-0.4, -0.2) is 25.6 Å². The summed E-state index contributed by atoms with van der Waals surface area (Å²) < 4.78 is 5.53. The summed E-state index contributed by atoms with van der Waals surface area (Å²) >= 11 is 0. The van der Waals surface area contributed by atoms with E-state index in [-0.39, 0.29) is 5.91 Å². The van der Waals surface area contributed by atoms with Crippen LogP contribution in [0.4, 0.5) is 0 Å². The van der Waals surface area contributed by atoms with E-state index in [1.165, 1.54) is 5.56 Å². The molecule has 1 aromatic rings. The molecule has 18 heavy (non-hydrogen) atoms. The Morgan fingerprint density at radius 2 is 1.89 bits per heavy atom. The molecule has 4 nitrogen and oxygen atoms in total. The highest BCUT2D eigenvalue weighted by Crippen LogP contribution is 2.18. The van der Waals surface area contributed by atoms with Crippen LogP contribution in [0.5, 0.6) is 5.75 Å². The van der Waals surface area contributed by atoms with Crippen molar-refractivity contribution in [3.8, 4) is 5.75 Å². The van der Waals surface area contributed by atoms with Gasteiger partial charge >= 0.3 is 0 Å². The number of ether oxygens (including phenoxy) is 1. The highest BCUT2D eigenvalue weighted by atomic mass is 16.5. The van der Waals surface area contributed by atoms with E-state index in [9.17, 15) is 4.79 Å². The van der Waals surface area contributed by atoms with Crippen molar-refractivity contribution >= 4 is 5.91 Å². The minimum atomic E-state index is -0.480. The van der Waals surface area contributed by atoms with Gasteiger partial charge in [-0.25, -0.2) is 0 Å². The average Bonchev–Trinajstić information content (AvgIpc) is 2.38. The molecule has 2 atom stereocenters. The molecule has 0 saturated heterocycles. The Morgan fingerprint density at radius 3 is 2.39 bits per heavy atom. The summed E-state index contributed by atoms with van der Waals surface area (Å²) in [5.74, 6) is 0.582. The van der Waals surface area contributed by atoms with Gasteiger partial charge in [0.2, 0.25) is 0 Å². The van der Waals surface area contributed by atoms with Crippen molar-refractivity contribution in [1.29, 1.82) is 0 Å². The summed E-state index contributed by atoms with van der Waals surface area (Å²) in [5.41, 5.74) is 1.21. The second-order valence-electron chi connectivity index (χ2n) is 4.22. The van der Waals surface area contributed by atoms with Gasteiger partial charge in [0.05, 0.1) is 0 Å². The Morgan fingerprint density at radius 1 is 1.28 bits per heavy atom. The predicted molar refractivity (Wildman–Crippen MR) is 72.7 cm³/mol. The second kappa shape index (κ2) is 7.01. The highest BCUT2D eigenvalue weighted by molar-refractivity contribution is 5.80. The van der Waals surface area contributed by atoms with Gasteiger partial charge in [0.15, 0.2) is 6.10 Å². The van der Waals surface area contributed by atoms with E-state index in [1.807, 2.05) is 24.3 Å². The van der Waals surface area contributed by atoms with Gasteiger partial charge in [-0.15, -0.1) is 0 Å². The molecule has 0 saturated carbocycles. The lowest BCUT2D eigenvalue weighted by atomic mass is 10.1. The maximum Gasteiger partial charge on any atom is 0.260 e. The summed E-state index contributed by atoms with van der Waals surface area (Å²) in [4.78, 5) is 11.3. The maximum absolute atomic E-state index is 11.3. The van der Waals surface area contributed by atoms with Crippen LogP contribution in [0.3, 0.4) is 0 Å². The van der Waals surface area contributed by atoms with Crippen molar-refractivity contribution < 1.29 is 9.53 Å². The smallest absolute Gasteiger partial charge is 0.260 e. The quantitative estimate of drug-likeness (QED) is 0.810. The highest BCUT2D eigenvalue weighted by Gasteiger charge is 2.12. The zero-order valence-corrected chi connectivity index (χ0v) is 11.5. The number of hydrogen-bond donors (Lipinski definition) is 2. The molecule has 1 amide bonds. The zero-order valence-electron chi connectivity index (χ0n) is 11.5. The van der Waals surface area contributed by atoms with Crippen molar-refractivity contribution in [1.82, 2.24) is 10.6 Å². The van der Waals surface area contributed by atoms with Crippen LogP contribution in [0.2, 0.25) is 0 Å². The fourth-order valence-corrected chi connectivity index (χ4v) is 1.72. The lowest BCUT2D eigenvalue weighted by Crippen LogP contribution is -2.33. The summed E-state index contributed by atoms with van der Waals surface area (Å²) in [5, 5.41) is 5.90. The predicted octanol–water partition coefficient (Wildman–Crippen LogP) is 1.87. The summed E-state index contributed by atoms with van der Waals surface area (Å²) in [6.07, 6.45) is -0.480. The number of amides is 1. The molecule has 0 fully saturated rings. The molecule has 4 heteroatoms. The minimum absolute atomic E-state index is 0.125. The van der Waals surface area contributed by atoms with E-state index in [2.05, 4.69) is 24.5 Å². The van der Waals surface area contributed by atoms with E-state index < -0.39 is 6.10 Å². The third-order valence-corrected chi connectivity index (χ3v) is 2.82. The summed E-state index contributed by atoms with van der Waals surface area (Å²) in [7, 11) is 1.60. The van der Waals surface area contributed by atoms with Crippen molar-refractivity contribution in [3.05, 3.63) is 29.8 Å². The van der Waals surface area contributed by atoms with E-state index in [0.29, 0.717) is 11.8 Å². The Kier molecular flexibility index (Phi) is 5.65. The largest absolute Gasteiger partial charge is 0.481 e. The number of likely N-dealkylation sites (N-methyl/N-ethyl adjacent to an activating group) is 1. The zero-order chi connectivity index (χ0) is 13.5. The van der Waals surface area contributed by atoms with Crippen molar-refractivity contribution in [2.24, 2.45) is 0 Å². The third-order valence-electron chi connectivity index (χ3n) is 2.82. The Bertz CT molecular complexity index is 376. The van der Waals surface area contributed by atoms with Crippen molar-refractivity contribution in [3.63, 3.8) is 0 Å². The number of hydrogen-bond acceptors (Lipinski definition) is 3. The van der Waals surface area contributed by atoms with E-state index in [0.717, 1.165) is 6.54 Å². The summed E-state index contributed by atoms with van der Waals surface area (Å²) in [6.45, 7) is 6.87. The van der Waals surface area contributed by atoms with E-state index in [4.69, 9.17) is 4.74 Å². The first-order valence-electron chi connectivity index (χ1n) is 6.30. The van der Waals surface area contributed by atoms with Gasteiger partial charge in [-0.05, 0) is 38.1 Å². The molecule has 0 spiro atoms. The lowest BCUT2D eigenvalue weighted by molar-refractivity contribution is -0.126. The van der Waals surface area contributed by atoms with Gasteiger partial charge < -0.3 is 15.4 Å². The molecule has 0 radical (unpaired) electrons. The van der Waals surface area contributed by atoms with Gasteiger partial charge in [-0.3, -0.25) is 4.79 Å². The number of nitrogens with one attached hydrogen (secondary N) is 2. The van der Waals surface area contributed by atoms with Gasteiger partial charge in [-0.2, -0.15) is 0 Å². The van der Waals surface area contributed by atoms with Crippen molar-refractivity contribution in [2.75, 3.05) is 13.6 Å². The van der Waals surface area contributed by atoms with Gasteiger partial charge in [0.25, 0.3) is 5.91 Å². The monoisotopic (exact) mass is 250 g/mol. The van der Waals surface area contributed by atoms with Crippen LogP contribution in [0, 0.1) is 0 Å². The number of benzene rings is 1. The number of carbonyl (C=O) groups is 1. The Hall–Kier alpha value is -1.55. The first-order chi connectivity index (χ1) is 8.58. The van der Waals surface area contributed by atoms with Crippen LogP contribution in [0.15, 0.2) is 24.3 Å². The topological polar surface area (TPSA) is 50.4 Å². The van der Waals surface area contributed by atoms with Crippen LogP contribution in [-0.2, 0) is 4.79 Å². The molecule has 100 valence electrons. The summed E-state index contributed by atoms with van der Waals surface area (Å²) in [6, 6.07) is 8.13. The SMILES string of the molecule is CCNC(C)c1ccc(OC(C)C(=O)NC)cc1. The number of rotatable bonds is 6. The van der Waals surface area contributed by atoms with Crippen LogP contribution in [0.25, 0.3) is 0 Å². The maximum atomic E-state index is 11.3. The number of carbonyl (C=O) groups excluding carboxylic acids is 1. The minimum Gasteiger partial charge on any atom is -0.481 e.